The first kappa shape index (κ1) is 11.4. The summed E-state index contributed by atoms with van der Waals surface area (Å²) in [6.45, 7) is 6.50. The quantitative estimate of drug-likeness (QED) is 0.693. The fourth-order valence-electron chi connectivity index (χ4n) is 2.23. The number of fused-ring (bicyclic) bond motifs is 1. The van der Waals surface area contributed by atoms with Crippen LogP contribution in [0.2, 0.25) is 5.15 Å². The Labute approximate surface area is 101 Å². The van der Waals surface area contributed by atoms with Gasteiger partial charge in [0.2, 0.25) is 0 Å². The molecule has 1 heterocycles. The molecule has 0 atom stereocenters. The maximum atomic E-state index is 6.27. The van der Waals surface area contributed by atoms with Crippen molar-refractivity contribution in [3.63, 3.8) is 0 Å². The number of benzene rings is 1. The van der Waals surface area contributed by atoms with Crippen LogP contribution in [0, 0.1) is 0 Å². The lowest BCUT2D eigenvalue weighted by Gasteiger charge is -2.15. The third-order valence-corrected chi connectivity index (χ3v) is 3.21. The predicted molar refractivity (Wildman–Crippen MR) is 70.2 cm³/mol. The highest BCUT2D eigenvalue weighted by Gasteiger charge is 2.14. The molecule has 0 fully saturated rings. The molecule has 2 aromatic rings. The molecular formula is C14H16ClN. The van der Waals surface area contributed by atoms with Crippen molar-refractivity contribution >= 4 is 22.5 Å². The van der Waals surface area contributed by atoms with E-state index < -0.39 is 0 Å². The molecule has 0 N–H and O–H groups in total. The molecule has 2 rings (SSSR count). The Morgan fingerprint density at radius 3 is 2.56 bits per heavy atom. The topological polar surface area (TPSA) is 12.9 Å². The van der Waals surface area contributed by atoms with Crippen molar-refractivity contribution in [2.45, 2.75) is 33.1 Å². The molecule has 0 unspecified atom stereocenters. The van der Waals surface area contributed by atoms with E-state index in [1.54, 1.807) is 0 Å². The minimum Gasteiger partial charge on any atom is -0.236 e. The summed E-state index contributed by atoms with van der Waals surface area (Å²) in [5.41, 5.74) is 3.53. The second-order valence-electron chi connectivity index (χ2n) is 4.32. The number of para-hydroxylation sites is 1. The smallest absolute Gasteiger partial charge is 0.133 e. The van der Waals surface area contributed by atoms with Gasteiger partial charge in [0.05, 0.1) is 5.52 Å². The van der Waals surface area contributed by atoms with E-state index in [1.165, 1.54) is 16.5 Å². The van der Waals surface area contributed by atoms with E-state index in [1.807, 2.05) is 12.1 Å². The third-order valence-electron chi connectivity index (χ3n) is 2.93. The molecule has 2 heteroatoms. The van der Waals surface area contributed by atoms with Gasteiger partial charge in [-0.1, -0.05) is 50.6 Å². The van der Waals surface area contributed by atoms with Gasteiger partial charge in [-0.05, 0) is 29.5 Å². The second-order valence-corrected chi connectivity index (χ2v) is 4.68. The maximum Gasteiger partial charge on any atom is 0.133 e. The third kappa shape index (κ3) is 1.80. The fourth-order valence-corrected chi connectivity index (χ4v) is 2.65. The summed E-state index contributed by atoms with van der Waals surface area (Å²) in [4.78, 5) is 4.47. The first-order valence-electron chi connectivity index (χ1n) is 5.72. The number of aryl methyl sites for hydroxylation is 1. The van der Waals surface area contributed by atoms with Crippen molar-refractivity contribution in [3.05, 3.63) is 40.5 Å². The summed E-state index contributed by atoms with van der Waals surface area (Å²) >= 11 is 6.27. The van der Waals surface area contributed by atoms with E-state index in [9.17, 15) is 0 Å². The molecule has 1 aromatic heterocycles. The molecule has 0 radical (unpaired) electrons. The van der Waals surface area contributed by atoms with E-state index in [0.717, 1.165) is 11.9 Å². The van der Waals surface area contributed by atoms with E-state index in [2.05, 4.69) is 37.9 Å². The number of aromatic nitrogens is 1. The largest absolute Gasteiger partial charge is 0.236 e. The van der Waals surface area contributed by atoms with Crippen LogP contribution < -0.4 is 0 Å². The van der Waals surface area contributed by atoms with Crippen LogP contribution in [0.4, 0.5) is 0 Å². The van der Waals surface area contributed by atoms with Crippen LogP contribution in [0.3, 0.4) is 0 Å². The number of nitrogens with zero attached hydrogens (tertiary/aromatic N) is 1. The molecule has 16 heavy (non-hydrogen) atoms. The van der Waals surface area contributed by atoms with E-state index in [0.29, 0.717) is 11.1 Å². The number of halogens is 1. The lowest BCUT2D eigenvalue weighted by atomic mass is 9.94. The van der Waals surface area contributed by atoms with E-state index in [-0.39, 0.29) is 0 Å². The number of hydrogen-bond donors (Lipinski definition) is 0. The molecule has 1 aromatic carbocycles. The Hall–Kier alpha value is -1.08. The summed E-state index contributed by atoms with van der Waals surface area (Å²) in [6, 6.07) is 8.20. The minimum atomic E-state index is 0.416. The molecule has 0 saturated heterocycles. The maximum absolute atomic E-state index is 6.27. The van der Waals surface area contributed by atoms with Gasteiger partial charge in [-0.3, -0.25) is 0 Å². The summed E-state index contributed by atoms with van der Waals surface area (Å²) in [5.74, 6) is 0.416. The first-order valence-corrected chi connectivity index (χ1v) is 6.10. The molecule has 0 spiro atoms. The fraction of sp³-hybridized carbons (Fsp3) is 0.357. The zero-order chi connectivity index (χ0) is 11.7. The van der Waals surface area contributed by atoms with Crippen LogP contribution >= 0.6 is 11.6 Å². The van der Waals surface area contributed by atoms with Gasteiger partial charge in [0.1, 0.15) is 5.15 Å². The van der Waals surface area contributed by atoms with Crippen molar-refractivity contribution in [1.29, 1.82) is 0 Å². The lowest BCUT2D eigenvalue weighted by Crippen LogP contribution is -2.00. The monoisotopic (exact) mass is 233 g/mol. The van der Waals surface area contributed by atoms with E-state index in [4.69, 9.17) is 11.6 Å². The molecule has 0 amide bonds. The zero-order valence-electron chi connectivity index (χ0n) is 9.92. The van der Waals surface area contributed by atoms with Crippen molar-refractivity contribution < 1.29 is 0 Å². The highest BCUT2D eigenvalue weighted by molar-refractivity contribution is 6.30. The van der Waals surface area contributed by atoms with Gasteiger partial charge in [-0.25, -0.2) is 4.98 Å². The normalized spacial score (nSPS) is 11.3. The first-order chi connectivity index (χ1) is 7.65. The Bertz CT molecular complexity index is 517. The van der Waals surface area contributed by atoms with Crippen LogP contribution in [-0.2, 0) is 6.42 Å². The lowest BCUT2D eigenvalue weighted by molar-refractivity contribution is 0.842. The van der Waals surface area contributed by atoms with Gasteiger partial charge in [0.15, 0.2) is 0 Å². The minimum absolute atomic E-state index is 0.416. The second kappa shape index (κ2) is 4.42. The molecule has 0 aliphatic rings. The van der Waals surface area contributed by atoms with Gasteiger partial charge in [0, 0.05) is 5.39 Å². The van der Waals surface area contributed by atoms with Crippen LogP contribution in [-0.4, -0.2) is 4.98 Å². The molecular weight excluding hydrogens is 218 g/mol. The van der Waals surface area contributed by atoms with Crippen LogP contribution in [0.15, 0.2) is 24.3 Å². The van der Waals surface area contributed by atoms with Gasteiger partial charge in [-0.15, -0.1) is 0 Å². The number of pyridine rings is 1. The highest BCUT2D eigenvalue weighted by atomic mass is 35.5. The van der Waals surface area contributed by atoms with Gasteiger partial charge >= 0.3 is 0 Å². The van der Waals surface area contributed by atoms with Crippen LogP contribution in [0.1, 0.15) is 37.8 Å². The molecule has 0 aliphatic heterocycles. The predicted octanol–water partition coefficient (Wildman–Crippen LogP) is 4.57. The van der Waals surface area contributed by atoms with Crippen molar-refractivity contribution in [1.82, 2.24) is 4.98 Å². The van der Waals surface area contributed by atoms with Crippen molar-refractivity contribution in [2.24, 2.45) is 0 Å². The Morgan fingerprint density at radius 2 is 1.94 bits per heavy atom. The van der Waals surface area contributed by atoms with Crippen molar-refractivity contribution in [3.8, 4) is 0 Å². The average Bonchev–Trinajstić information content (AvgIpc) is 2.26. The number of hydrogen-bond acceptors (Lipinski definition) is 1. The zero-order valence-corrected chi connectivity index (χ0v) is 10.7. The van der Waals surface area contributed by atoms with Crippen LogP contribution in [0.5, 0.6) is 0 Å². The molecule has 84 valence electrons. The van der Waals surface area contributed by atoms with Gasteiger partial charge in [0.25, 0.3) is 0 Å². The van der Waals surface area contributed by atoms with Gasteiger partial charge in [-0.2, -0.15) is 0 Å². The van der Waals surface area contributed by atoms with Gasteiger partial charge < -0.3 is 0 Å². The Kier molecular flexibility index (Phi) is 3.15. The number of rotatable bonds is 2. The Morgan fingerprint density at radius 1 is 1.25 bits per heavy atom. The van der Waals surface area contributed by atoms with Crippen LogP contribution in [0.25, 0.3) is 10.9 Å². The summed E-state index contributed by atoms with van der Waals surface area (Å²) < 4.78 is 0. The summed E-state index contributed by atoms with van der Waals surface area (Å²) in [5, 5.41) is 1.89. The summed E-state index contributed by atoms with van der Waals surface area (Å²) in [7, 11) is 0. The summed E-state index contributed by atoms with van der Waals surface area (Å²) in [6.07, 6.45) is 0.996. The van der Waals surface area contributed by atoms with E-state index >= 15 is 0 Å². The molecule has 0 bridgehead atoms. The SMILES string of the molecule is CCc1c(C(C)C)c(Cl)nc2ccccc12. The highest BCUT2D eigenvalue weighted by Crippen LogP contribution is 2.32. The standard InChI is InChI=1S/C14H16ClN/c1-4-10-11-7-5-6-8-12(11)16-14(15)13(10)9(2)3/h5-9H,4H2,1-3H3. The Balaban J connectivity index is 2.85. The molecule has 1 nitrogen and oxygen atoms in total. The average molecular weight is 234 g/mol. The molecule has 0 aliphatic carbocycles. The van der Waals surface area contributed by atoms with Crippen molar-refractivity contribution in [2.75, 3.05) is 0 Å². The molecule has 0 saturated carbocycles.